The molecule has 0 N–H and O–H groups in total. The molecule has 1 aromatic rings. The molecule has 0 aromatic heterocycles. The quantitative estimate of drug-likeness (QED) is 0.765. The first kappa shape index (κ1) is 14.8. The van der Waals surface area contributed by atoms with Crippen molar-refractivity contribution < 1.29 is 9.47 Å². The van der Waals surface area contributed by atoms with E-state index in [1.165, 1.54) is 6.42 Å². The fourth-order valence-corrected chi connectivity index (χ4v) is 2.42. The van der Waals surface area contributed by atoms with Crippen LogP contribution in [-0.4, -0.2) is 44.4 Å². The maximum atomic E-state index is 8.85. The highest BCUT2D eigenvalue weighted by atomic mass is 16.5. The molecule has 0 saturated carbocycles. The molecule has 1 atom stereocenters. The van der Waals surface area contributed by atoms with Gasteiger partial charge >= 0.3 is 0 Å². The normalized spacial score (nSPS) is 18.1. The highest BCUT2D eigenvalue weighted by molar-refractivity contribution is 5.36. The Labute approximate surface area is 120 Å². The van der Waals surface area contributed by atoms with Gasteiger partial charge in [0, 0.05) is 19.7 Å². The predicted octanol–water partition coefficient (Wildman–Crippen LogP) is 2.30. The van der Waals surface area contributed by atoms with Crippen LogP contribution in [0.25, 0.3) is 0 Å². The molecular formula is C16H22N2O2. The number of nitriles is 1. The van der Waals surface area contributed by atoms with Crippen molar-refractivity contribution in [3.8, 4) is 11.8 Å². The molecule has 0 spiro atoms. The van der Waals surface area contributed by atoms with Gasteiger partial charge in [-0.2, -0.15) is 5.26 Å². The molecule has 1 fully saturated rings. The molecule has 4 heteroatoms. The standard InChI is InChI=1S/C16H22N2O2/c1-2-18(12-15-6-8-19-13-15)7-9-20-16-5-3-4-14(10-16)11-17/h3-5,10,15H,2,6-9,12-13H2,1H3/t15-/m0/s1. The van der Waals surface area contributed by atoms with Crippen molar-refractivity contribution in [2.45, 2.75) is 13.3 Å². The van der Waals surface area contributed by atoms with E-state index in [4.69, 9.17) is 14.7 Å². The third kappa shape index (κ3) is 4.52. The van der Waals surface area contributed by atoms with Crippen LogP contribution < -0.4 is 4.74 Å². The van der Waals surface area contributed by atoms with Gasteiger partial charge in [0.25, 0.3) is 0 Å². The van der Waals surface area contributed by atoms with Crippen molar-refractivity contribution in [1.82, 2.24) is 4.90 Å². The molecule has 1 heterocycles. The minimum absolute atomic E-state index is 0.637. The van der Waals surface area contributed by atoms with E-state index in [1.54, 1.807) is 12.1 Å². The Morgan fingerprint density at radius 2 is 2.40 bits per heavy atom. The summed E-state index contributed by atoms with van der Waals surface area (Å²) in [5, 5.41) is 8.85. The molecular weight excluding hydrogens is 252 g/mol. The van der Waals surface area contributed by atoms with E-state index < -0.39 is 0 Å². The Balaban J connectivity index is 1.74. The van der Waals surface area contributed by atoms with Gasteiger partial charge in [0.15, 0.2) is 0 Å². The van der Waals surface area contributed by atoms with Crippen LogP contribution in [0.5, 0.6) is 5.75 Å². The number of benzene rings is 1. The summed E-state index contributed by atoms with van der Waals surface area (Å²) in [4.78, 5) is 2.40. The third-order valence-corrected chi connectivity index (χ3v) is 3.63. The van der Waals surface area contributed by atoms with E-state index in [0.717, 1.165) is 38.6 Å². The third-order valence-electron chi connectivity index (χ3n) is 3.63. The molecule has 0 aliphatic carbocycles. The van der Waals surface area contributed by atoms with Gasteiger partial charge in [0.1, 0.15) is 12.4 Å². The summed E-state index contributed by atoms with van der Waals surface area (Å²) in [6.07, 6.45) is 1.17. The average Bonchev–Trinajstić information content (AvgIpc) is 2.99. The molecule has 0 amide bonds. The molecule has 1 aliphatic rings. The first-order valence-electron chi connectivity index (χ1n) is 7.25. The molecule has 0 bridgehead atoms. The molecule has 108 valence electrons. The van der Waals surface area contributed by atoms with Crippen LogP contribution in [0, 0.1) is 17.2 Å². The van der Waals surface area contributed by atoms with E-state index in [9.17, 15) is 0 Å². The monoisotopic (exact) mass is 274 g/mol. The van der Waals surface area contributed by atoms with Crippen LogP contribution in [0.15, 0.2) is 24.3 Å². The Bertz CT molecular complexity index is 450. The summed E-state index contributed by atoms with van der Waals surface area (Å²) in [6, 6.07) is 9.42. The fourth-order valence-electron chi connectivity index (χ4n) is 2.42. The first-order valence-corrected chi connectivity index (χ1v) is 7.25. The number of nitrogens with zero attached hydrogens (tertiary/aromatic N) is 2. The van der Waals surface area contributed by atoms with Crippen LogP contribution in [0.2, 0.25) is 0 Å². The zero-order valence-electron chi connectivity index (χ0n) is 12.0. The van der Waals surface area contributed by atoms with Gasteiger partial charge in [-0.25, -0.2) is 0 Å². The van der Waals surface area contributed by atoms with Crippen molar-refractivity contribution in [2.24, 2.45) is 5.92 Å². The summed E-state index contributed by atoms with van der Waals surface area (Å²) in [5.41, 5.74) is 0.637. The van der Waals surface area contributed by atoms with Crippen LogP contribution in [0.1, 0.15) is 18.9 Å². The second kappa shape index (κ2) is 7.88. The SMILES string of the molecule is CCN(CCOc1cccc(C#N)c1)C[C@@H]1CCOC1. The van der Waals surface area contributed by atoms with Gasteiger partial charge in [-0.15, -0.1) is 0 Å². The van der Waals surface area contributed by atoms with Crippen LogP contribution in [-0.2, 0) is 4.74 Å². The Morgan fingerprint density at radius 3 is 3.10 bits per heavy atom. The number of likely N-dealkylation sites (N-methyl/N-ethyl adjacent to an activating group) is 1. The second-order valence-corrected chi connectivity index (χ2v) is 5.11. The molecule has 0 unspecified atom stereocenters. The summed E-state index contributed by atoms with van der Waals surface area (Å²) in [7, 11) is 0. The molecule has 20 heavy (non-hydrogen) atoms. The summed E-state index contributed by atoms with van der Waals surface area (Å²) in [6.45, 7) is 7.63. The lowest BCUT2D eigenvalue weighted by molar-refractivity contribution is 0.158. The van der Waals surface area contributed by atoms with E-state index in [2.05, 4.69) is 17.9 Å². The number of ether oxygens (including phenoxy) is 2. The summed E-state index contributed by atoms with van der Waals surface area (Å²) in [5.74, 6) is 1.43. The van der Waals surface area contributed by atoms with Crippen LogP contribution in [0.4, 0.5) is 0 Å². The van der Waals surface area contributed by atoms with Gasteiger partial charge in [0.2, 0.25) is 0 Å². The average molecular weight is 274 g/mol. The minimum Gasteiger partial charge on any atom is -0.492 e. The van der Waals surface area contributed by atoms with Gasteiger partial charge in [-0.3, -0.25) is 4.90 Å². The molecule has 4 nitrogen and oxygen atoms in total. The van der Waals surface area contributed by atoms with E-state index in [0.29, 0.717) is 18.1 Å². The lowest BCUT2D eigenvalue weighted by Crippen LogP contribution is -2.33. The molecule has 0 radical (unpaired) electrons. The number of hydrogen-bond donors (Lipinski definition) is 0. The highest BCUT2D eigenvalue weighted by Crippen LogP contribution is 2.15. The number of rotatable bonds is 7. The zero-order chi connectivity index (χ0) is 14.2. The Morgan fingerprint density at radius 1 is 1.50 bits per heavy atom. The largest absolute Gasteiger partial charge is 0.492 e. The van der Waals surface area contributed by atoms with Crippen molar-refractivity contribution in [2.75, 3.05) is 39.5 Å². The molecule has 2 rings (SSSR count). The van der Waals surface area contributed by atoms with Gasteiger partial charge in [-0.1, -0.05) is 13.0 Å². The molecule has 1 saturated heterocycles. The van der Waals surface area contributed by atoms with E-state index in [-0.39, 0.29) is 0 Å². The Kier molecular flexibility index (Phi) is 5.85. The number of hydrogen-bond acceptors (Lipinski definition) is 4. The highest BCUT2D eigenvalue weighted by Gasteiger charge is 2.18. The van der Waals surface area contributed by atoms with Gasteiger partial charge in [-0.05, 0) is 37.1 Å². The zero-order valence-corrected chi connectivity index (χ0v) is 12.0. The van der Waals surface area contributed by atoms with E-state index >= 15 is 0 Å². The minimum atomic E-state index is 0.637. The first-order chi connectivity index (χ1) is 9.81. The maximum absolute atomic E-state index is 8.85. The molecule has 1 aliphatic heterocycles. The lowest BCUT2D eigenvalue weighted by atomic mass is 10.1. The van der Waals surface area contributed by atoms with Crippen molar-refractivity contribution in [1.29, 1.82) is 5.26 Å². The predicted molar refractivity (Wildman–Crippen MR) is 77.7 cm³/mol. The van der Waals surface area contributed by atoms with E-state index in [1.807, 2.05) is 12.1 Å². The topological polar surface area (TPSA) is 45.5 Å². The molecule has 1 aromatic carbocycles. The maximum Gasteiger partial charge on any atom is 0.120 e. The van der Waals surface area contributed by atoms with Crippen LogP contribution >= 0.6 is 0 Å². The van der Waals surface area contributed by atoms with Crippen molar-refractivity contribution in [3.63, 3.8) is 0 Å². The van der Waals surface area contributed by atoms with Crippen molar-refractivity contribution >= 4 is 0 Å². The summed E-state index contributed by atoms with van der Waals surface area (Å²) >= 11 is 0. The lowest BCUT2D eigenvalue weighted by Gasteiger charge is -2.23. The second-order valence-electron chi connectivity index (χ2n) is 5.11. The fraction of sp³-hybridized carbons (Fsp3) is 0.562. The van der Waals surface area contributed by atoms with Crippen molar-refractivity contribution in [3.05, 3.63) is 29.8 Å². The summed E-state index contributed by atoms with van der Waals surface area (Å²) < 4.78 is 11.1. The van der Waals surface area contributed by atoms with Crippen LogP contribution in [0.3, 0.4) is 0 Å². The van der Waals surface area contributed by atoms with Gasteiger partial charge < -0.3 is 9.47 Å². The smallest absolute Gasteiger partial charge is 0.120 e. The van der Waals surface area contributed by atoms with Gasteiger partial charge in [0.05, 0.1) is 18.2 Å². The Hall–Kier alpha value is -1.57.